The number of carbonyl (C=O) groups excluding carboxylic acids is 3. The summed E-state index contributed by atoms with van der Waals surface area (Å²) >= 11 is 7.19. The zero-order chi connectivity index (χ0) is 31.8. The molecule has 2 atom stereocenters. The van der Waals surface area contributed by atoms with E-state index in [9.17, 15) is 4.79 Å². The molecule has 1 heterocycles. The lowest BCUT2D eigenvalue weighted by Gasteiger charge is -2.24. The number of nitrogens with zero attached hydrogens (tertiary/aromatic N) is 1. The first-order chi connectivity index (χ1) is 19.1. The molecule has 1 aromatic rings. The number of thiophene rings is 1. The number of aliphatic hydroxyl groups excluding tert-OH is 1. The maximum absolute atomic E-state index is 10.4. The Morgan fingerprint density at radius 2 is 1.73 bits per heavy atom. The summed E-state index contributed by atoms with van der Waals surface area (Å²) in [6.07, 6.45) is 10.3. The molecule has 0 spiro atoms. The molecular weight excluding hydrogens is 554 g/mol. The lowest BCUT2D eigenvalue weighted by molar-refractivity contribution is -0.133. The fourth-order valence-electron chi connectivity index (χ4n) is 2.60. The molecule has 0 fully saturated rings. The number of nitrogens with one attached hydrogen (secondary N) is 2. The molecule has 1 aliphatic carbocycles. The van der Waals surface area contributed by atoms with Crippen molar-refractivity contribution in [2.75, 3.05) is 47.4 Å². The van der Waals surface area contributed by atoms with Gasteiger partial charge in [0, 0.05) is 42.5 Å². The summed E-state index contributed by atoms with van der Waals surface area (Å²) in [5.41, 5.74) is 11.4. The lowest BCUT2D eigenvalue weighted by Crippen LogP contribution is -2.29. The van der Waals surface area contributed by atoms with E-state index in [1.54, 1.807) is 11.3 Å². The number of nitrogens with two attached hydrogens (primary N) is 2. The van der Waals surface area contributed by atoms with E-state index in [1.165, 1.54) is 25.8 Å². The largest absolute Gasteiger partial charge is 0.463 e. The average Bonchev–Trinajstić information content (AvgIpc) is 3.17. The van der Waals surface area contributed by atoms with Gasteiger partial charge in [-0.3, -0.25) is 4.79 Å². The van der Waals surface area contributed by atoms with Crippen LogP contribution in [0.25, 0.3) is 0 Å². The van der Waals surface area contributed by atoms with Crippen LogP contribution >= 0.6 is 22.9 Å². The molecule has 1 aliphatic rings. The molecule has 0 radical (unpaired) electrons. The summed E-state index contributed by atoms with van der Waals surface area (Å²) in [4.78, 5) is 31.3. The normalized spacial score (nSPS) is 13.2. The van der Waals surface area contributed by atoms with Gasteiger partial charge in [-0.25, -0.2) is 0 Å². The van der Waals surface area contributed by atoms with Gasteiger partial charge in [-0.1, -0.05) is 18.5 Å². The van der Waals surface area contributed by atoms with Gasteiger partial charge in [0.25, 0.3) is 6.47 Å². The highest BCUT2D eigenvalue weighted by molar-refractivity contribution is 7.16. The standard InChI is InChI=1S/C16H27N3O3.C5H5ClS.C2H7N.2C2H4O.CH5N/c1-13(22-12-21)11-19(3)16-6-5-14(18-7-4-8-20)9-15(10-16)17-2;1-4-2-3-5(6)7-4;3*1-2-3;1-2/h5-6,9-10,12-13,15,17-18,20H,4,7-8,11H2,1-3H3;2-3H,1H3;2-3H2,1H3;2*2H,1H3;2H2,1H3. The van der Waals surface area contributed by atoms with Crippen LogP contribution in [-0.4, -0.2) is 88.6 Å². The van der Waals surface area contributed by atoms with Crippen LogP contribution in [0.15, 0.2) is 47.8 Å². The van der Waals surface area contributed by atoms with Crippen molar-refractivity contribution in [2.45, 2.75) is 53.2 Å². The molecule has 40 heavy (non-hydrogen) atoms. The fourth-order valence-corrected chi connectivity index (χ4v) is 3.60. The van der Waals surface area contributed by atoms with Crippen LogP contribution in [0.3, 0.4) is 0 Å². The number of rotatable bonds is 10. The van der Waals surface area contributed by atoms with E-state index in [2.05, 4.69) is 33.4 Å². The number of carbonyl (C=O) groups is 3. The van der Waals surface area contributed by atoms with Gasteiger partial charge in [-0.2, -0.15) is 0 Å². The summed E-state index contributed by atoms with van der Waals surface area (Å²) in [7, 11) is 5.38. The molecule has 0 saturated heterocycles. The van der Waals surface area contributed by atoms with Crippen molar-refractivity contribution in [2.24, 2.45) is 11.5 Å². The van der Waals surface area contributed by atoms with Crippen molar-refractivity contribution >= 4 is 42.0 Å². The summed E-state index contributed by atoms with van der Waals surface area (Å²) < 4.78 is 5.81. The van der Waals surface area contributed by atoms with Gasteiger partial charge in [0.1, 0.15) is 18.7 Å². The van der Waals surface area contributed by atoms with Crippen LogP contribution in [0.2, 0.25) is 4.34 Å². The minimum atomic E-state index is -0.164. The van der Waals surface area contributed by atoms with Gasteiger partial charge in [-0.15, -0.1) is 11.3 Å². The summed E-state index contributed by atoms with van der Waals surface area (Å²) in [5.74, 6) is 0. The molecule has 10 nitrogen and oxygen atoms in total. The Labute approximate surface area is 250 Å². The third kappa shape index (κ3) is 30.0. The van der Waals surface area contributed by atoms with Gasteiger partial charge >= 0.3 is 0 Å². The van der Waals surface area contributed by atoms with Gasteiger partial charge in [-0.05, 0) is 91.2 Å². The maximum Gasteiger partial charge on any atom is 0.293 e. The number of allylic oxidation sites excluding steroid dienone is 2. The highest BCUT2D eigenvalue weighted by Crippen LogP contribution is 2.19. The van der Waals surface area contributed by atoms with Crippen LogP contribution < -0.4 is 22.1 Å². The molecule has 7 N–H and O–H groups in total. The molecular formula is C28H52ClN5O5S. The number of aryl methyl sites for hydroxylation is 1. The topological polar surface area (TPSA) is 160 Å². The number of ether oxygens (including phenoxy) is 1. The van der Waals surface area contributed by atoms with E-state index < -0.39 is 0 Å². The van der Waals surface area contributed by atoms with E-state index in [0.717, 1.165) is 47.8 Å². The van der Waals surface area contributed by atoms with Crippen LogP contribution in [0.4, 0.5) is 0 Å². The van der Waals surface area contributed by atoms with E-state index in [4.69, 9.17) is 36.8 Å². The van der Waals surface area contributed by atoms with E-state index in [1.807, 2.05) is 59.2 Å². The van der Waals surface area contributed by atoms with Crippen LogP contribution in [0.5, 0.6) is 0 Å². The predicted molar refractivity (Wildman–Crippen MR) is 169 cm³/mol. The predicted octanol–water partition coefficient (Wildman–Crippen LogP) is 3.04. The number of hydrogen-bond acceptors (Lipinski definition) is 11. The zero-order valence-corrected chi connectivity index (χ0v) is 26.9. The molecule has 0 aromatic carbocycles. The third-order valence-corrected chi connectivity index (χ3v) is 5.25. The summed E-state index contributed by atoms with van der Waals surface area (Å²) in [5, 5.41) is 15.4. The molecule has 0 saturated carbocycles. The van der Waals surface area contributed by atoms with Gasteiger partial charge in [0.15, 0.2) is 0 Å². The lowest BCUT2D eigenvalue weighted by atomic mass is 10.2. The Bertz CT molecular complexity index is 796. The Balaban J connectivity index is -0.000000292. The Morgan fingerprint density at radius 3 is 2.10 bits per heavy atom. The molecule has 0 aliphatic heterocycles. The number of aldehydes is 2. The molecule has 1 aromatic heterocycles. The number of hydrogen-bond donors (Lipinski definition) is 5. The number of aliphatic hydroxyl groups is 1. The smallest absolute Gasteiger partial charge is 0.293 e. The zero-order valence-electron chi connectivity index (χ0n) is 25.4. The first-order valence-electron chi connectivity index (χ1n) is 12.9. The molecule has 2 rings (SSSR count). The van der Waals surface area contributed by atoms with Crippen molar-refractivity contribution in [3.63, 3.8) is 0 Å². The molecule has 232 valence electrons. The van der Waals surface area contributed by atoms with Crippen molar-refractivity contribution in [1.29, 1.82) is 0 Å². The van der Waals surface area contributed by atoms with E-state index in [0.29, 0.717) is 13.0 Å². The maximum atomic E-state index is 10.4. The van der Waals surface area contributed by atoms with Gasteiger partial charge in [0.05, 0.1) is 10.9 Å². The van der Waals surface area contributed by atoms with Gasteiger partial charge < -0.3 is 46.4 Å². The van der Waals surface area contributed by atoms with Crippen molar-refractivity contribution in [3.05, 3.63) is 57.0 Å². The van der Waals surface area contributed by atoms with E-state index in [-0.39, 0.29) is 18.8 Å². The monoisotopic (exact) mass is 605 g/mol. The molecule has 2 unspecified atom stereocenters. The highest BCUT2D eigenvalue weighted by atomic mass is 35.5. The first kappa shape index (κ1) is 44.5. The quantitative estimate of drug-likeness (QED) is 0.198. The second kappa shape index (κ2) is 34.5. The molecule has 0 bridgehead atoms. The van der Waals surface area contributed by atoms with Gasteiger partial charge in [0.2, 0.25) is 0 Å². The summed E-state index contributed by atoms with van der Waals surface area (Å²) in [6.45, 7) is 11.5. The third-order valence-electron chi connectivity index (χ3n) is 4.11. The van der Waals surface area contributed by atoms with Crippen LogP contribution in [-0.2, 0) is 19.1 Å². The van der Waals surface area contributed by atoms with Crippen molar-refractivity contribution < 1.29 is 24.2 Å². The van der Waals surface area contributed by atoms with Crippen molar-refractivity contribution in [1.82, 2.24) is 15.5 Å². The summed E-state index contributed by atoms with van der Waals surface area (Å²) in [6, 6.07) is 4.01. The Hall–Kier alpha value is -2.54. The van der Waals surface area contributed by atoms with Crippen LogP contribution in [0.1, 0.15) is 39.0 Å². The number of likely N-dealkylation sites (N-methyl/N-ethyl adjacent to an activating group) is 2. The molecule has 0 amide bonds. The highest BCUT2D eigenvalue weighted by Gasteiger charge is 2.12. The second-order valence-corrected chi connectivity index (χ2v) is 9.44. The van der Waals surface area contributed by atoms with Crippen molar-refractivity contribution in [3.8, 4) is 0 Å². The SMILES string of the molecule is CC=O.CC=O.CCN.CN.CNC1C=C(NCCCO)C=CC(N(C)CC(C)OC=O)=C1.Cc1ccc(Cl)s1. The fraction of sp³-hybridized carbons (Fsp3) is 0.536. The minimum absolute atomic E-state index is 0.103. The van der Waals surface area contributed by atoms with E-state index >= 15 is 0 Å². The molecule has 12 heteroatoms. The number of halogens is 1. The Kier molecular flexibility index (Phi) is 38.3. The first-order valence-corrected chi connectivity index (χ1v) is 14.1. The average molecular weight is 606 g/mol. The minimum Gasteiger partial charge on any atom is -0.463 e. The van der Waals surface area contributed by atoms with Crippen LogP contribution in [0, 0.1) is 6.92 Å². The second-order valence-electron chi connectivity index (χ2n) is 7.52. The Morgan fingerprint density at radius 1 is 1.18 bits per heavy atom.